The molecule has 1 aromatic heterocycles. The molecule has 3 rings (SSSR count). The van der Waals surface area contributed by atoms with Crippen molar-refractivity contribution in [2.45, 2.75) is 26.8 Å². The molecule has 0 radical (unpaired) electrons. The van der Waals surface area contributed by atoms with E-state index in [9.17, 15) is 4.79 Å². The summed E-state index contributed by atoms with van der Waals surface area (Å²) in [5.74, 6) is 1.91. The van der Waals surface area contributed by atoms with Gasteiger partial charge in [-0.1, -0.05) is 0 Å². The summed E-state index contributed by atoms with van der Waals surface area (Å²) in [5, 5.41) is 0. The van der Waals surface area contributed by atoms with Crippen LogP contribution in [0.25, 0.3) is 0 Å². The maximum atomic E-state index is 11.6. The van der Waals surface area contributed by atoms with Crippen molar-refractivity contribution in [2.75, 3.05) is 37.7 Å². The Bertz CT molecular complexity index is 526. The van der Waals surface area contributed by atoms with E-state index in [2.05, 4.69) is 14.9 Å². The zero-order valence-electron chi connectivity index (χ0n) is 12.1. The van der Waals surface area contributed by atoms with Crippen LogP contribution in [0.2, 0.25) is 0 Å². The Morgan fingerprint density at radius 3 is 2.65 bits per heavy atom. The Morgan fingerprint density at radius 2 is 1.95 bits per heavy atom. The lowest BCUT2D eigenvalue weighted by molar-refractivity contribution is -0.129. The fraction of sp³-hybridized carbons (Fsp3) is 0.643. The van der Waals surface area contributed by atoms with Crippen LogP contribution in [0.15, 0.2) is 0 Å². The van der Waals surface area contributed by atoms with Crippen LogP contribution in [0.3, 0.4) is 0 Å². The first-order chi connectivity index (χ1) is 9.65. The van der Waals surface area contributed by atoms with Crippen LogP contribution >= 0.6 is 0 Å². The van der Waals surface area contributed by atoms with E-state index in [0.29, 0.717) is 6.54 Å². The van der Waals surface area contributed by atoms with E-state index in [1.165, 1.54) is 0 Å². The molecule has 108 valence electrons. The first-order valence-electron chi connectivity index (χ1n) is 7.10. The highest BCUT2D eigenvalue weighted by molar-refractivity contribution is 5.74. The molecule has 0 aromatic carbocycles. The molecule has 2 aliphatic rings. The molecular formula is C14H20N4O2. The van der Waals surface area contributed by atoms with Gasteiger partial charge in [0, 0.05) is 38.5 Å². The molecule has 0 spiro atoms. The number of ether oxygens (including phenoxy) is 1. The normalized spacial score (nSPS) is 18.9. The number of carbonyl (C=O) groups is 1. The van der Waals surface area contributed by atoms with Crippen LogP contribution in [0.4, 0.5) is 5.82 Å². The maximum Gasteiger partial charge on any atom is 0.219 e. The highest BCUT2D eigenvalue weighted by Crippen LogP contribution is 2.27. The summed E-state index contributed by atoms with van der Waals surface area (Å²) in [5.41, 5.74) is 2.20. The number of aromatic nitrogens is 2. The molecule has 2 aliphatic heterocycles. The molecule has 20 heavy (non-hydrogen) atoms. The molecule has 0 bridgehead atoms. The second kappa shape index (κ2) is 5.36. The second-order valence-corrected chi connectivity index (χ2v) is 5.31. The number of morpholine rings is 1. The number of hydrogen-bond acceptors (Lipinski definition) is 5. The minimum Gasteiger partial charge on any atom is -0.378 e. The molecule has 1 saturated heterocycles. The van der Waals surface area contributed by atoms with Gasteiger partial charge in [-0.2, -0.15) is 0 Å². The summed E-state index contributed by atoms with van der Waals surface area (Å²) < 4.78 is 5.41. The summed E-state index contributed by atoms with van der Waals surface area (Å²) in [6, 6.07) is 0. The quantitative estimate of drug-likeness (QED) is 0.748. The summed E-state index contributed by atoms with van der Waals surface area (Å²) in [6.45, 7) is 8.09. The van der Waals surface area contributed by atoms with Gasteiger partial charge in [0.2, 0.25) is 5.91 Å². The zero-order chi connectivity index (χ0) is 14.1. The van der Waals surface area contributed by atoms with E-state index in [1.54, 1.807) is 6.92 Å². The predicted octanol–water partition coefficient (Wildman–Crippen LogP) is 0.526. The SMILES string of the molecule is CC(=O)N1CCc2nc(C)nc(N3CCOCC3)c2C1. The van der Waals surface area contributed by atoms with Gasteiger partial charge in [0.25, 0.3) is 0 Å². The highest BCUT2D eigenvalue weighted by Gasteiger charge is 2.26. The first-order valence-corrected chi connectivity index (χ1v) is 7.10. The van der Waals surface area contributed by atoms with Crippen LogP contribution in [0.5, 0.6) is 0 Å². The van der Waals surface area contributed by atoms with E-state index in [-0.39, 0.29) is 5.91 Å². The fourth-order valence-corrected chi connectivity index (χ4v) is 2.82. The Labute approximate surface area is 118 Å². The first kappa shape index (κ1) is 13.3. The summed E-state index contributed by atoms with van der Waals surface area (Å²) in [4.78, 5) is 24.9. The van der Waals surface area contributed by atoms with E-state index in [4.69, 9.17) is 4.74 Å². The number of hydrogen-bond donors (Lipinski definition) is 0. The highest BCUT2D eigenvalue weighted by atomic mass is 16.5. The molecule has 3 heterocycles. The van der Waals surface area contributed by atoms with Crippen molar-refractivity contribution < 1.29 is 9.53 Å². The van der Waals surface area contributed by atoms with Gasteiger partial charge in [-0.25, -0.2) is 9.97 Å². The van der Waals surface area contributed by atoms with E-state index < -0.39 is 0 Å². The van der Waals surface area contributed by atoms with Crippen LogP contribution in [0, 0.1) is 6.92 Å². The molecular weight excluding hydrogens is 256 g/mol. The summed E-state index contributed by atoms with van der Waals surface area (Å²) in [6.07, 6.45) is 0.815. The number of anilines is 1. The van der Waals surface area contributed by atoms with Crippen molar-refractivity contribution in [2.24, 2.45) is 0 Å². The average Bonchev–Trinajstić information content (AvgIpc) is 2.46. The summed E-state index contributed by atoms with van der Waals surface area (Å²) in [7, 11) is 0. The molecule has 6 heteroatoms. The number of fused-ring (bicyclic) bond motifs is 1. The van der Waals surface area contributed by atoms with Gasteiger partial charge in [0.05, 0.1) is 25.5 Å². The molecule has 0 atom stereocenters. The molecule has 0 unspecified atom stereocenters. The zero-order valence-corrected chi connectivity index (χ0v) is 12.1. The van der Waals surface area contributed by atoms with Crippen molar-refractivity contribution in [3.63, 3.8) is 0 Å². The van der Waals surface area contributed by atoms with Crippen LogP contribution in [-0.4, -0.2) is 53.6 Å². The van der Waals surface area contributed by atoms with Crippen molar-refractivity contribution in [3.05, 3.63) is 17.1 Å². The number of aryl methyl sites for hydroxylation is 1. The van der Waals surface area contributed by atoms with Crippen LogP contribution in [0.1, 0.15) is 24.0 Å². The molecule has 1 amide bonds. The van der Waals surface area contributed by atoms with E-state index >= 15 is 0 Å². The topological polar surface area (TPSA) is 58.6 Å². The fourth-order valence-electron chi connectivity index (χ4n) is 2.82. The Kier molecular flexibility index (Phi) is 3.56. The lowest BCUT2D eigenvalue weighted by Gasteiger charge is -2.34. The third-order valence-electron chi connectivity index (χ3n) is 3.91. The van der Waals surface area contributed by atoms with Crippen molar-refractivity contribution in [3.8, 4) is 0 Å². The van der Waals surface area contributed by atoms with Gasteiger partial charge in [-0.3, -0.25) is 4.79 Å². The molecule has 1 fully saturated rings. The Balaban J connectivity index is 1.97. The largest absolute Gasteiger partial charge is 0.378 e. The van der Waals surface area contributed by atoms with Crippen molar-refractivity contribution in [1.82, 2.24) is 14.9 Å². The third kappa shape index (κ3) is 2.47. The van der Waals surface area contributed by atoms with Crippen molar-refractivity contribution >= 4 is 11.7 Å². The van der Waals surface area contributed by atoms with Crippen molar-refractivity contribution in [1.29, 1.82) is 0 Å². The predicted molar refractivity (Wildman–Crippen MR) is 74.6 cm³/mol. The average molecular weight is 276 g/mol. The second-order valence-electron chi connectivity index (χ2n) is 5.31. The lowest BCUT2D eigenvalue weighted by atomic mass is 10.1. The number of rotatable bonds is 1. The molecule has 6 nitrogen and oxygen atoms in total. The molecule has 0 aliphatic carbocycles. The van der Waals surface area contributed by atoms with Crippen LogP contribution in [-0.2, 0) is 22.5 Å². The summed E-state index contributed by atoms with van der Waals surface area (Å²) >= 11 is 0. The maximum absolute atomic E-state index is 11.6. The van der Waals surface area contributed by atoms with Gasteiger partial charge < -0.3 is 14.5 Å². The molecule has 0 saturated carbocycles. The van der Waals surface area contributed by atoms with Gasteiger partial charge in [0.15, 0.2) is 0 Å². The third-order valence-corrected chi connectivity index (χ3v) is 3.91. The van der Waals surface area contributed by atoms with Gasteiger partial charge in [0.1, 0.15) is 11.6 Å². The lowest BCUT2D eigenvalue weighted by Crippen LogP contribution is -2.40. The Hall–Kier alpha value is -1.69. The van der Waals surface area contributed by atoms with Gasteiger partial charge >= 0.3 is 0 Å². The monoisotopic (exact) mass is 276 g/mol. The van der Waals surface area contributed by atoms with E-state index in [0.717, 1.165) is 62.2 Å². The molecule has 1 aromatic rings. The Morgan fingerprint density at radius 1 is 1.20 bits per heavy atom. The van der Waals surface area contributed by atoms with Crippen LogP contribution < -0.4 is 4.90 Å². The smallest absolute Gasteiger partial charge is 0.219 e. The number of nitrogens with zero attached hydrogens (tertiary/aromatic N) is 4. The minimum atomic E-state index is 0.115. The van der Waals surface area contributed by atoms with Gasteiger partial charge in [-0.05, 0) is 6.92 Å². The molecule has 0 N–H and O–H groups in total. The van der Waals surface area contributed by atoms with E-state index in [1.807, 2.05) is 11.8 Å². The number of amides is 1. The minimum absolute atomic E-state index is 0.115. The van der Waals surface area contributed by atoms with Gasteiger partial charge in [-0.15, -0.1) is 0 Å². The number of carbonyl (C=O) groups excluding carboxylic acids is 1. The standard InChI is InChI=1S/C14H20N4O2/c1-10-15-13-3-4-18(11(2)19)9-12(13)14(16-10)17-5-7-20-8-6-17/h3-9H2,1-2H3.